The van der Waals surface area contributed by atoms with E-state index in [1.165, 1.54) is 24.3 Å². The summed E-state index contributed by atoms with van der Waals surface area (Å²) in [5.41, 5.74) is 2.13. The fourth-order valence-corrected chi connectivity index (χ4v) is 4.09. The summed E-state index contributed by atoms with van der Waals surface area (Å²) in [6.45, 7) is 1.54. The Morgan fingerprint density at radius 1 is 0.857 bits per heavy atom. The van der Waals surface area contributed by atoms with Gasteiger partial charge in [0.15, 0.2) is 6.61 Å². The second-order valence-corrected chi connectivity index (χ2v) is 8.11. The average Bonchev–Trinajstić information content (AvgIpc) is 2.88. The van der Waals surface area contributed by atoms with E-state index < -0.39 is 9.85 Å². The number of nitro groups is 2. The van der Waals surface area contributed by atoms with Crippen molar-refractivity contribution in [3.05, 3.63) is 104 Å². The minimum Gasteiger partial charge on any atom is -0.483 e. The lowest BCUT2D eigenvalue weighted by atomic mass is 10.0. The zero-order valence-corrected chi connectivity index (χ0v) is 18.9. The number of piperazine rings is 1. The van der Waals surface area contributed by atoms with Crippen LogP contribution in [0.1, 0.15) is 11.1 Å². The summed E-state index contributed by atoms with van der Waals surface area (Å²) in [6.07, 6.45) is 0.431. The summed E-state index contributed by atoms with van der Waals surface area (Å²) in [5.74, 6) is 0.211. The maximum absolute atomic E-state index is 12.8. The van der Waals surface area contributed by atoms with Crippen LogP contribution in [0.15, 0.2) is 72.8 Å². The van der Waals surface area contributed by atoms with Crippen molar-refractivity contribution in [3.63, 3.8) is 0 Å². The smallest absolute Gasteiger partial charge is 0.292 e. The minimum atomic E-state index is -0.458. The van der Waals surface area contributed by atoms with Gasteiger partial charge in [0.1, 0.15) is 11.4 Å². The Labute approximate surface area is 201 Å². The zero-order chi connectivity index (χ0) is 24.8. The van der Waals surface area contributed by atoms with Crippen molar-refractivity contribution >= 4 is 23.0 Å². The summed E-state index contributed by atoms with van der Waals surface area (Å²) in [5, 5.41) is 22.6. The van der Waals surface area contributed by atoms with Crippen molar-refractivity contribution in [2.45, 2.75) is 6.42 Å². The van der Waals surface area contributed by atoms with E-state index in [1.807, 2.05) is 35.2 Å². The Balaban J connectivity index is 1.39. The van der Waals surface area contributed by atoms with Crippen molar-refractivity contribution in [1.29, 1.82) is 0 Å². The lowest BCUT2D eigenvalue weighted by Gasteiger charge is -2.35. The molecule has 3 aromatic carbocycles. The number of amides is 1. The van der Waals surface area contributed by atoms with Gasteiger partial charge < -0.3 is 14.5 Å². The van der Waals surface area contributed by atoms with E-state index >= 15 is 0 Å². The van der Waals surface area contributed by atoms with Gasteiger partial charge in [0.25, 0.3) is 17.3 Å². The maximum Gasteiger partial charge on any atom is 0.292 e. The Hall–Kier alpha value is -4.47. The predicted molar refractivity (Wildman–Crippen MR) is 130 cm³/mol. The first-order valence-electron chi connectivity index (χ1n) is 11.1. The van der Waals surface area contributed by atoms with Gasteiger partial charge >= 0.3 is 0 Å². The van der Waals surface area contributed by atoms with Crippen LogP contribution in [0.4, 0.5) is 17.1 Å². The first-order chi connectivity index (χ1) is 16.9. The molecule has 0 aliphatic carbocycles. The van der Waals surface area contributed by atoms with Crippen LogP contribution in [0.2, 0.25) is 0 Å². The molecule has 180 valence electrons. The molecular weight excluding hydrogens is 452 g/mol. The number of non-ortho nitro benzene ring substituents is 1. The number of nitro benzene ring substituents is 2. The highest BCUT2D eigenvalue weighted by Gasteiger charge is 2.26. The summed E-state index contributed by atoms with van der Waals surface area (Å²) >= 11 is 0. The fraction of sp³-hybridized carbons (Fsp3) is 0.240. The minimum absolute atomic E-state index is 0.0410. The normalized spacial score (nSPS) is 13.4. The number of para-hydroxylation sites is 2. The quantitative estimate of drug-likeness (QED) is 0.358. The van der Waals surface area contributed by atoms with Gasteiger partial charge in [0.05, 0.1) is 9.85 Å². The molecule has 0 N–H and O–H groups in total. The van der Waals surface area contributed by atoms with Gasteiger partial charge in [-0.25, -0.2) is 0 Å². The molecule has 10 nitrogen and oxygen atoms in total. The Morgan fingerprint density at radius 3 is 2.23 bits per heavy atom. The van der Waals surface area contributed by atoms with Gasteiger partial charge in [-0.3, -0.25) is 25.0 Å². The van der Waals surface area contributed by atoms with Crippen LogP contribution in [-0.4, -0.2) is 53.4 Å². The topological polar surface area (TPSA) is 119 Å². The fourth-order valence-electron chi connectivity index (χ4n) is 4.09. The number of ether oxygens (including phenoxy) is 1. The molecule has 0 atom stereocenters. The molecule has 0 bridgehead atoms. The first kappa shape index (κ1) is 23.7. The monoisotopic (exact) mass is 476 g/mol. The largest absolute Gasteiger partial charge is 0.483 e. The van der Waals surface area contributed by atoms with E-state index in [-0.39, 0.29) is 23.9 Å². The van der Waals surface area contributed by atoms with Gasteiger partial charge in [-0.1, -0.05) is 42.5 Å². The molecular formula is C25H24N4O6. The van der Waals surface area contributed by atoms with E-state index in [1.54, 1.807) is 23.1 Å². The molecule has 0 aromatic heterocycles. The van der Waals surface area contributed by atoms with Crippen LogP contribution in [0.5, 0.6) is 5.75 Å². The van der Waals surface area contributed by atoms with E-state index in [0.29, 0.717) is 49.6 Å². The number of rotatable bonds is 8. The van der Waals surface area contributed by atoms with Crippen LogP contribution in [0, 0.1) is 20.2 Å². The summed E-state index contributed by atoms with van der Waals surface area (Å²) in [6, 6.07) is 20.4. The van der Waals surface area contributed by atoms with Crippen molar-refractivity contribution in [3.8, 4) is 5.75 Å². The van der Waals surface area contributed by atoms with Crippen LogP contribution < -0.4 is 9.64 Å². The molecule has 3 aromatic rings. The highest BCUT2D eigenvalue weighted by atomic mass is 16.6. The molecule has 10 heteroatoms. The summed E-state index contributed by atoms with van der Waals surface area (Å²) in [7, 11) is 0. The number of nitrogens with zero attached hydrogens (tertiary/aromatic N) is 4. The Morgan fingerprint density at radius 2 is 1.54 bits per heavy atom. The molecule has 0 unspecified atom stereocenters. The lowest BCUT2D eigenvalue weighted by Crippen LogP contribution is -2.50. The molecule has 35 heavy (non-hydrogen) atoms. The highest BCUT2D eigenvalue weighted by molar-refractivity contribution is 5.78. The van der Waals surface area contributed by atoms with Crippen molar-refractivity contribution in [1.82, 2.24) is 4.90 Å². The van der Waals surface area contributed by atoms with Crippen LogP contribution in [0.3, 0.4) is 0 Å². The maximum atomic E-state index is 12.8. The van der Waals surface area contributed by atoms with E-state index in [9.17, 15) is 25.0 Å². The van der Waals surface area contributed by atoms with E-state index in [2.05, 4.69) is 0 Å². The molecule has 1 heterocycles. The predicted octanol–water partition coefficient (Wildman–Crippen LogP) is 3.82. The van der Waals surface area contributed by atoms with Crippen molar-refractivity contribution in [2.24, 2.45) is 0 Å². The number of carbonyl (C=O) groups excluding carboxylic acids is 1. The van der Waals surface area contributed by atoms with E-state index in [4.69, 9.17) is 4.74 Å². The van der Waals surface area contributed by atoms with Gasteiger partial charge in [0.2, 0.25) is 0 Å². The molecule has 1 saturated heterocycles. The number of anilines is 1. The number of hydrogen-bond donors (Lipinski definition) is 0. The summed E-state index contributed by atoms with van der Waals surface area (Å²) < 4.78 is 5.80. The van der Waals surface area contributed by atoms with Crippen molar-refractivity contribution in [2.75, 3.05) is 37.7 Å². The Kier molecular flexibility index (Phi) is 7.20. The van der Waals surface area contributed by atoms with Crippen molar-refractivity contribution < 1.29 is 19.4 Å². The molecule has 0 saturated carbocycles. The van der Waals surface area contributed by atoms with Gasteiger partial charge in [-0.15, -0.1) is 0 Å². The molecule has 1 aliphatic rings. The zero-order valence-electron chi connectivity index (χ0n) is 18.9. The third-order valence-corrected chi connectivity index (χ3v) is 5.89. The summed E-state index contributed by atoms with van der Waals surface area (Å²) in [4.78, 5) is 38.1. The van der Waals surface area contributed by atoms with E-state index in [0.717, 1.165) is 5.56 Å². The second-order valence-electron chi connectivity index (χ2n) is 8.11. The highest BCUT2D eigenvalue weighted by Crippen LogP contribution is 2.29. The molecule has 0 radical (unpaired) electrons. The SMILES string of the molecule is O=C(COc1ccc([N+](=O)[O-])cc1Cc1ccccc1)N1CCN(c2ccccc2[N+](=O)[O-])CC1. The average molecular weight is 476 g/mol. The lowest BCUT2D eigenvalue weighted by molar-refractivity contribution is -0.385. The Bertz CT molecular complexity index is 1230. The molecule has 0 spiro atoms. The third kappa shape index (κ3) is 5.72. The standard InChI is InChI=1S/C25H24N4O6/c30-25(27-14-12-26(13-15-27)22-8-4-5-9-23(22)29(33)34)18-35-24-11-10-21(28(31)32)17-20(24)16-19-6-2-1-3-7-19/h1-11,17H,12-16,18H2. The van der Waals surface area contributed by atoms with Crippen LogP contribution >= 0.6 is 0 Å². The first-order valence-corrected chi connectivity index (χ1v) is 11.1. The number of hydrogen-bond acceptors (Lipinski definition) is 7. The van der Waals surface area contributed by atoms with Gasteiger partial charge in [0, 0.05) is 56.4 Å². The molecule has 1 aliphatic heterocycles. The second kappa shape index (κ2) is 10.6. The van der Waals surface area contributed by atoms with Crippen LogP contribution in [-0.2, 0) is 11.2 Å². The third-order valence-electron chi connectivity index (χ3n) is 5.89. The van der Waals surface area contributed by atoms with Gasteiger partial charge in [-0.2, -0.15) is 0 Å². The molecule has 4 rings (SSSR count). The number of carbonyl (C=O) groups is 1. The van der Waals surface area contributed by atoms with Crippen LogP contribution in [0.25, 0.3) is 0 Å². The molecule has 1 fully saturated rings. The molecule has 1 amide bonds. The number of benzene rings is 3. The van der Waals surface area contributed by atoms with Gasteiger partial charge in [-0.05, 0) is 17.7 Å².